The van der Waals surface area contributed by atoms with Gasteiger partial charge in [0.2, 0.25) is 11.7 Å². The summed E-state index contributed by atoms with van der Waals surface area (Å²) in [7, 11) is 0. The van der Waals surface area contributed by atoms with Crippen LogP contribution in [0.2, 0.25) is 5.02 Å². The van der Waals surface area contributed by atoms with Gasteiger partial charge in [0.1, 0.15) is 17.0 Å². The first-order chi connectivity index (χ1) is 14.2. The number of halogens is 1. The zero-order valence-electron chi connectivity index (χ0n) is 15.9. The molecule has 1 fully saturated rings. The lowest BCUT2D eigenvalue weighted by Gasteiger charge is -2.34. The Kier molecular flexibility index (Phi) is 4.91. The quantitative estimate of drug-likeness (QED) is 0.488. The van der Waals surface area contributed by atoms with Crippen molar-refractivity contribution < 1.29 is 4.52 Å². The van der Waals surface area contributed by atoms with E-state index in [1.807, 2.05) is 24.3 Å². The predicted molar refractivity (Wildman–Crippen MR) is 114 cm³/mol. The molecule has 9 heteroatoms. The minimum Gasteiger partial charge on any atom is -0.353 e. The average molecular weight is 427 g/mol. The number of thiophene rings is 1. The zero-order chi connectivity index (χ0) is 19.8. The van der Waals surface area contributed by atoms with Crippen LogP contribution in [0.4, 0.5) is 5.82 Å². The number of piperazine rings is 1. The Morgan fingerprint density at radius 3 is 2.69 bits per heavy atom. The van der Waals surface area contributed by atoms with Gasteiger partial charge in [0.15, 0.2) is 0 Å². The van der Waals surface area contributed by atoms with E-state index in [0.717, 1.165) is 47.8 Å². The summed E-state index contributed by atoms with van der Waals surface area (Å²) < 4.78 is 5.46. The van der Waals surface area contributed by atoms with Crippen LogP contribution in [0.25, 0.3) is 21.6 Å². The Bertz CT molecular complexity index is 1130. The summed E-state index contributed by atoms with van der Waals surface area (Å²) in [5.74, 6) is 2.25. The number of anilines is 1. The summed E-state index contributed by atoms with van der Waals surface area (Å²) in [6, 6.07) is 9.61. The third kappa shape index (κ3) is 3.83. The first kappa shape index (κ1) is 18.5. The molecule has 0 spiro atoms. The highest BCUT2D eigenvalue weighted by Gasteiger charge is 2.22. The van der Waals surface area contributed by atoms with Crippen molar-refractivity contribution in [2.45, 2.75) is 13.5 Å². The highest BCUT2D eigenvalue weighted by molar-refractivity contribution is 7.18. The Morgan fingerprint density at radius 2 is 1.90 bits per heavy atom. The van der Waals surface area contributed by atoms with Gasteiger partial charge in [0, 0.05) is 41.6 Å². The maximum Gasteiger partial charge on any atom is 0.241 e. The van der Waals surface area contributed by atoms with Crippen LogP contribution in [-0.4, -0.2) is 51.2 Å². The van der Waals surface area contributed by atoms with Crippen molar-refractivity contribution in [2.24, 2.45) is 0 Å². The molecule has 4 aromatic rings. The molecule has 5 rings (SSSR count). The Hall–Kier alpha value is -2.55. The third-order valence-electron chi connectivity index (χ3n) is 5.03. The summed E-state index contributed by atoms with van der Waals surface area (Å²) in [6.07, 6.45) is 1.66. The van der Waals surface area contributed by atoms with Gasteiger partial charge in [-0.15, -0.1) is 11.3 Å². The molecule has 1 aliphatic heterocycles. The summed E-state index contributed by atoms with van der Waals surface area (Å²) in [6.45, 7) is 6.38. The number of benzene rings is 1. The van der Waals surface area contributed by atoms with E-state index < -0.39 is 0 Å². The number of hydrogen-bond donors (Lipinski definition) is 0. The van der Waals surface area contributed by atoms with Crippen LogP contribution in [0.3, 0.4) is 0 Å². The van der Waals surface area contributed by atoms with Crippen molar-refractivity contribution in [3.8, 4) is 11.4 Å². The summed E-state index contributed by atoms with van der Waals surface area (Å²) in [5, 5.41) is 5.93. The first-order valence-corrected chi connectivity index (χ1v) is 10.6. The largest absolute Gasteiger partial charge is 0.353 e. The van der Waals surface area contributed by atoms with Gasteiger partial charge in [0.25, 0.3) is 0 Å². The fraction of sp³-hybridized carbons (Fsp3) is 0.300. The van der Waals surface area contributed by atoms with Crippen LogP contribution in [0.5, 0.6) is 0 Å². The molecule has 0 unspecified atom stereocenters. The van der Waals surface area contributed by atoms with Crippen LogP contribution in [0.15, 0.2) is 41.2 Å². The van der Waals surface area contributed by atoms with Crippen LogP contribution >= 0.6 is 22.9 Å². The molecule has 148 valence electrons. The van der Waals surface area contributed by atoms with Gasteiger partial charge < -0.3 is 9.42 Å². The molecule has 0 bridgehead atoms. The second-order valence-electron chi connectivity index (χ2n) is 7.05. The molecule has 0 aliphatic carbocycles. The van der Waals surface area contributed by atoms with Crippen LogP contribution < -0.4 is 4.90 Å². The second kappa shape index (κ2) is 7.70. The van der Waals surface area contributed by atoms with Crippen molar-refractivity contribution in [1.82, 2.24) is 25.0 Å². The molecule has 0 amide bonds. The van der Waals surface area contributed by atoms with Crippen LogP contribution in [-0.2, 0) is 6.54 Å². The minimum absolute atomic E-state index is 0.589. The second-order valence-corrected chi connectivity index (χ2v) is 8.73. The zero-order valence-corrected chi connectivity index (χ0v) is 17.4. The first-order valence-electron chi connectivity index (χ1n) is 9.43. The smallest absolute Gasteiger partial charge is 0.241 e. The van der Waals surface area contributed by atoms with Gasteiger partial charge in [-0.25, -0.2) is 9.97 Å². The van der Waals surface area contributed by atoms with Crippen molar-refractivity contribution >= 4 is 39.0 Å². The third-order valence-corrected chi connectivity index (χ3v) is 6.24. The van der Waals surface area contributed by atoms with Crippen molar-refractivity contribution in [1.29, 1.82) is 0 Å². The van der Waals surface area contributed by atoms with E-state index in [-0.39, 0.29) is 0 Å². The molecule has 3 aromatic heterocycles. The highest BCUT2D eigenvalue weighted by atomic mass is 35.5. The van der Waals surface area contributed by atoms with Gasteiger partial charge in [-0.3, -0.25) is 4.90 Å². The topological polar surface area (TPSA) is 71.2 Å². The predicted octanol–water partition coefficient (Wildman–Crippen LogP) is 4.03. The van der Waals surface area contributed by atoms with Crippen LogP contribution in [0, 0.1) is 6.92 Å². The molecule has 0 N–H and O–H groups in total. The number of aryl methyl sites for hydroxylation is 1. The number of rotatable bonds is 4. The average Bonchev–Trinajstić information content (AvgIpc) is 3.34. The fourth-order valence-corrected chi connectivity index (χ4v) is 4.53. The Balaban J connectivity index is 1.24. The van der Waals surface area contributed by atoms with E-state index in [2.05, 4.69) is 42.9 Å². The summed E-state index contributed by atoms with van der Waals surface area (Å²) in [5.41, 5.74) is 0.896. The van der Waals surface area contributed by atoms with Crippen molar-refractivity contribution in [2.75, 3.05) is 31.1 Å². The van der Waals surface area contributed by atoms with E-state index >= 15 is 0 Å². The molecule has 0 atom stereocenters. The lowest BCUT2D eigenvalue weighted by molar-refractivity contribution is 0.215. The number of hydrogen-bond acceptors (Lipinski definition) is 8. The van der Waals surface area contributed by atoms with Gasteiger partial charge in [-0.05, 0) is 37.3 Å². The molecule has 29 heavy (non-hydrogen) atoms. The highest BCUT2D eigenvalue weighted by Crippen LogP contribution is 2.30. The van der Waals surface area contributed by atoms with E-state index in [9.17, 15) is 0 Å². The van der Waals surface area contributed by atoms with Gasteiger partial charge >= 0.3 is 0 Å². The summed E-state index contributed by atoms with van der Waals surface area (Å²) in [4.78, 5) is 20.4. The molecule has 0 saturated carbocycles. The Morgan fingerprint density at radius 1 is 1.10 bits per heavy atom. The SMILES string of the molecule is Cc1cc2c(N3CCN(Cc4nc(-c5ccc(Cl)cc5)no4)CC3)ncnc2s1. The molecule has 1 saturated heterocycles. The van der Waals surface area contributed by atoms with Gasteiger partial charge in [-0.1, -0.05) is 16.8 Å². The van der Waals surface area contributed by atoms with E-state index in [1.165, 1.54) is 4.88 Å². The van der Waals surface area contributed by atoms with Gasteiger partial charge in [0.05, 0.1) is 11.9 Å². The molecule has 1 aromatic carbocycles. The number of fused-ring (bicyclic) bond motifs is 1. The fourth-order valence-electron chi connectivity index (χ4n) is 3.56. The van der Waals surface area contributed by atoms with Crippen molar-refractivity contribution in [3.63, 3.8) is 0 Å². The van der Waals surface area contributed by atoms with E-state index in [4.69, 9.17) is 16.1 Å². The molecule has 1 aliphatic rings. The normalized spacial score (nSPS) is 15.3. The Labute approximate surface area is 176 Å². The monoisotopic (exact) mass is 426 g/mol. The van der Waals surface area contributed by atoms with Gasteiger partial charge in [-0.2, -0.15) is 4.98 Å². The molecule has 0 radical (unpaired) electrons. The van der Waals surface area contributed by atoms with Crippen molar-refractivity contribution in [3.05, 3.63) is 52.4 Å². The number of nitrogens with zero attached hydrogens (tertiary/aromatic N) is 6. The van der Waals surface area contributed by atoms with E-state index in [0.29, 0.717) is 23.3 Å². The summed E-state index contributed by atoms with van der Waals surface area (Å²) >= 11 is 7.65. The van der Waals surface area contributed by atoms with E-state index in [1.54, 1.807) is 17.7 Å². The standard InChI is InChI=1S/C20H19ClN6OS/c1-13-10-16-19(22-12-23-20(16)29-13)27-8-6-26(7-9-27)11-17-24-18(25-28-17)14-2-4-15(21)5-3-14/h2-5,10,12H,6-9,11H2,1H3. The molecular weight excluding hydrogens is 408 g/mol. The molecule has 4 heterocycles. The molecule has 7 nitrogen and oxygen atoms in total. The lowest BCUT2D eigenvalue weighted by Crippen LogP contribution is -2.46. The molecular formula is C20H19ClN6OS. The minimum atomic E-state index is 0.589. The van der Waals surface area contributed by atoms with Crippen LogP contribution in [0.1, 0.15) is 10.8 Å². The maximum absolute atomic E-state index is 5.94. The lowest BCUT2D eigenvalue weighted by atomic mass is 10.2. The number of aromatic nitrogens is 4. The maximum atomic E-state index is 5.94.